The molecule has 0 heterocycles. The molecule has 0 amide bonds. The second kappa shape index (κ2) is 12.3. The first-order chi connectivity index (χ1) is 16.8. The van der Waals surface area contributed by atoms with Gasteiger partial charge < -0.3 is 10.8 Å². The number of thioether (sulfide) groups is 1. The Kier molecular flexibility index (Phi) is 10.4. The van der Waals surface area contributed by atoms with Crippen LogP contribution in [-0.4, -0.2) is 28.6 Å². The molecule has 0 spiro atoms. The van der Waals surface area contributed by atoms with Crippen LogP contribution in [0.5, 0.6) is 0 Å². The van der Waals surface area contributed by atoms with Crippen LogP contribution in [0.1, 0.15) is 88.5 Å². The fraction of sp³-hybridized carbons (Fsp3) is 0.969. The van der Waals surface area contributed by atoms with E-state index >= 15 is 0 Å². The molecule has 3 saturated carbocycles. The minimum absolute atomic E-state index is 0.538. The molecule has 3 aliphatic carbocycles. The number of hydrogen-bond acceptors (Lipinski definition) is 3. The largest absolute Gasteiger partial charge is 0.480 e. The molecule has 3 nitrogen and oxygen atoms in total. The van der Waals surface area contributed by atoms with Crippen LogP contribution in [-0.2, 0) is 4.79 Å². The Morgan fingerprint density at radius 2 is 1.17 bits per heavy atom. The minimum Gasteiger partial charge on any atom is -0.480 e. The van der Waals surface area contributed by atoms with E-state index in [1.807, 2.05) is 11.8 Å². The molecule has 36 heavy (non-hydrogen) atoms. The van der Waals surface area contributed by atoms with Gasteiger partial charge in [-0.15, -0.1) is 0 Å². The lowest BCUT2D eigenvalue weighted by molar-refractivity contribution is -0.167. The Balaban J connectivity index is 2.08. The molecule has 4 bridgehead atoms. The lowest BCUT2D eigenvalue weighted by Crippen LogP contribution is -2.60. The van der Waals surface area contributed by atoms with Crippen LogP contribution in [0.25, 0.3) is 0 Å². The highest BCUT2D eigenvalue weighted by Gasteiger charge is 2.60. The molecular formula is C32H59NO2S. The summed E-state index contributed by atoms with van der Waals surface area (Å²) in [5, 5.41) is 9.42. The fourth-order valence-corrected chi connectivity index (χ4v) is 10.5. The van der Waals surface area contributed by atoms with Crippen LogP contribution < -0.4 is 5.73 Å². The minimum atomic E-state index is -0.861. The standard InChI is InChI=1S/C32H59NO2S/c1-16(2)20(9)24-12-25(21(10)17(3)4)31-27-13-26(22(18(5)6)11-23(27)19(7)8)30(24)28(31)14-36-15-29(33)32(34)35/h16-31H,11-15,33H2,1-10H3,(H,34,35). The van der Waals surface area contributed by atoms with Gasteiger partial charge in [0.1, 0.15) is 6.04 Å². The number of rotatable bonds is 11. The maximum Gasteiger partial charge on any atom is 0.321 e. The number of fused-ring (bicyclic) bond motifs is 6. The third-order valence-corrected chi connectivity index (χ3v) is 13.0. The van der Waals surface area contributed by atoms with E-state index in [1.165, 1.54) is 19.3 Å². The van der Waals surface area contributed by atoms with Gasteiger partial charge in [-0.3, -0.25) is 4.79 Å². The van der Waals surface area contributed by atoms with E-state index in [0.29, 0.717) is 23.5 Å². The Bertz CT molecular complexity index is 677. The molecule has 3 N–H and O–H groups in total. The van der Waals surface area contributed by atoms with Gasteiger partial charge in [-0.05, 0) is 114 Å². The van der Waals surface area contributed by atoms with Crippen LogP contribution >= 0.6 is 11.8 Å². The molecule has 0 aliphatic heterocycles. The molecule has 3 aliphatic rings. The average Bonchev–Trinajstić information content (AvgIpc) is 2.80. The van der Waals surface area contributed by atoms with Gasteiger partial charge in [0.15, 0.2) is 0 Å². The van der Waals surface area contributed by atoms with Gasteiger partial charge in [-0.25, -0.2) is 0 Å². The topological polar surface area (TPSA) is 63.3 Å². The van der Waals surface area contributed by atoms with Gasteiger partial charge in [-0.1, -0.05) is 69.2 Å². The number of hydrogen-bond donors (Lipinski definition) is 2. The molecule has 11 atom stereocenters. The second-order valence-electron chi connectivity index (χ2n) is 14.7. The molecule has 4 heteroatoms. The van der Waals surface area contributed by atoms with Crippen molar-refractivity contribution in [2.45, 2.75) is 94.5 Å². The third kappa shape index (κ3) is 6.00. The number of aliphatic carboxylic acids is 1. The first kappa shape index (κ1) is 30.3. The van der Waals surface area contributed by atoms with E-state index in [0.717, 1.165) is 76.8 Å². The van der Waals surface area contributed by atoms with Crippen LogP contribution in [0.2, 0.25) is 0 Å². The predicted octanol–water partition coefficient (Wildman–Crippen LogP) is 7.78. The van der Waals surface area contributed by atoms with Crippen molar-refractivity contribution >= 4 is 17.7 Å². The van der Waals surface area contributed by atoms with Gasteiger partial charge in [0.2, 0.25) is 0 Å². The van der Waals surface area contributed by atoms with Gasteiger partial charge in [0, 0.05) is 5.75 Å². The van der Waals surface area contributed by atoms with E-state index in [1.54, 1.807) is 0 Å². The number of carboxylic acids is 1. The van der Waals surface area contributed by atoms with Crippen molar-refractivity contribution in [3.8, 4) is 0 Å². The Morgan fingerprint density at radius 1 is 0.750 bits per heavy atom. The first-order valence-electron chi connectivity index (χ1n) is 15.3. The number of nitrogens with two attached hydrogens (primary N) is 1. The summed E-state index contributed by atoms with van der Waals surface area (Å²) >= 11 is 1.85. The molecule has 0 aromatic rings. The molecule has 0 radical (unpaired) electrons. The van der Waals surface area contributed by atoms with Crippen molar-refractivity contribution in [3.05, 3.63) is 0 Å². The summed E-state index contributed by atoms with van der Waals surface area (Å²) in [6.45, 7) is 24.8. The van der Waals surface area contributed by atoms with E-state index in [-0.39, 0.29) is 0 Å². The summed E-state index contributed by atoms with van der Waals surface area (Å²) in [7, 11) is 0. The van der Waals surface area contributed by atoms with E-state index < -0.39 is 12.0 Å². The van der Waals surface area contributed by atoms with Crippen molar-refractivity contribution in [1.29, 1.82) is 0 Å². The zero-order valence-electron chi connectivity index (χ0n) is 25.1. The number of carboxylic acid groups (broad SMARTS) is 1. The van der Waals surface area contributed by atoms with Crippen molar-refractivity contribution < 1.29 is 9.90 Å². The third-order valence-electron chi connectivity index (χ3n) is 11.8. The van der Waals surface area contributed by atoms with Crippen molar-refractivity contribution in [2.75, 3.05) is 11.5 Å². The average molecular weight is 522 g/mol. The zero-order chi connectivity index (χ0) is 27.1. The quantitative estimate of drug-likeness (QED) is 0.291. The molecule has 0 aromatic heterocycles. The number of carbonyl (C=O) groups is 1. The summed E-state index contributed by atoms with van der Waals surface area (Å²) < 4.78 is 0. The zero-order valence-corrected chi connectivity index (χ0v) is 25.9. The summed E-state index contributed by atoms with van der Waals surface area (Å²) in [5.41, 5.74) is 5.97. The van der Waals surface area contributed by atoms with Crippen LogP contribution in [0.4, 0.5) is 0 Å². The summed E-state index contributed by atoms with van der Waals surface area (Å²) in [6, 6.07) is -0.750. The SMILES string of the molecule is CC(C)C(C)C1CC(C(C)C(C)C)C2C3CC(C(C(C)C)CC3C(C)C)C1C2CSCC(N)C(=O)O. The maximum atomic E-state index is 11.5. The summed E-state index contributed by atoms with van der Waals surface area (Å²) in [6.07, 6.45) is 4.28. The highest BCUT2D eigenvalue weighted by Crippen LogP contribution is 2.66. The molecular weight excluding hydrogens is 462 g/mol. The fourth-order valence-electron chi connectivity index (χ4n) is 9.28. The predicted molar refractivity (Wildman–Crippen MR) is 156 cm³/mol. The Hall–Kier alpha value is -0.220. The van der Waals surface area contributed by atoms with Gasteiger partial charge in [-0.2, -0.15) is 11.8 Å². The summed E-state index contributed by atoms with van der Waals surface area (Å²) in [4.78, 5) is 11.5. The van der Waals surface area contributed by atoms with E-state index in [9.17, 15) is 9.90 Å². The van der Waals surface area contributed by atoms with Crippen LogP contribution in [0, 0.1) is 88.8 Å². The van der Waals surface area contributed by atoms with E-state index in [4.69, 9.17) is 5.73 Å². The molecule has 3 fully saturated rings. The monoisotopic (exact) mass is 521 g/mol. The van der Waals surface area contributed by atoms with Crippen molar-refractivity contribution in [2.24, 2.45) is 94.5 Å². The van der Waals surface area contributed by atoms with Crippen molar-refractivity contribution in [1.82, 2.24) is 0 Å². The van der Waals surface area contributed by atoms with Crippen molar-refractivity contribution in [3.63, 3.8) is 0 Å². The first-order valence-corrected chi connectivity index (χ1v) is 16.5. The molecule has 0 saturated heterocycles. The molecule has 3 rings (SSSR count). The Morgan fingerprint density at radius 3 is 1.53 bits per heavy atom. The maximum absolute atomic E-state index is 11.5. The highest BCUT2D eigenvalue weighted by atomic mass is 32.2. The molecule has 0 aromatic carbocycles. The summed E-state index contributed by atoms with van der Waals surface area (Å²) in [5.74, 6) is 12.3. The lowest BCUT2D eigenvalue weighted by atomic mass is 9.40. The smallest absolute Gasteiger partial charge is 0.321 e. The van der Waals surface area contributed by atoms with Crippen LogP contribution in [0.3, 0.4) is 0 Å². The normalized spacial score (nSPS) is 39.0. The second-order valence-corrected chi connectivity index (χ2v) is 15.8. The highest BCUT2D eigenvalue weighted by molar-refractivity contribution is 7.99. The molecule has 210 valence electrons. The van der Waals surface area contributed by atoms with Gasteiger partial charge >= 0.3 is 5.97 Å². The van der Waals surface area contributed by atoms with E-state index in [2.05, 4.69) is 69.2 Å². The van der Waals surface area contributed by atoms with Gasteiger partial charge in [0.05, 0.1) is 0 Å². The lowest BCUT2D eigenvalue weighted by Gasteiger charge is -2.66. The van der Waals surface area contributed by atoms with Crippen LogP contribution in [0.15, 0.2) is 0 Å². The van der Waals surface area contributed by atoms with Gasteiger partial charge in [0.25, 0.3) is 0 Å². The molecule has 11 unspecified atom stereocenters. The Labute approximate surface area is 227 Å².